The molecule has 0 aliphatic heterocycles. The van der Waals surface area contributed by atoms with Crippen LogP contribution in [0.1, 0.15) is 64.4 Å². The highest BCUT2D eigenvalue weighted by Gasteiger charge is 2.29. The second-order valence-corrected chi connectivity index (χ2v) is 9.25. The number of benzene rings is 1. The molecule has 0 aliphatic carbocycles. The van der Waals surface area contributed by atoms with Gasteiger partial charge in [0.15, 0.2) is 0 Å². The molecule has 1 aromatic carbocycles. The Hall–Kier alpha value is -2.13. The van der Waals surface area contributed by atoms with E-state index in [-0.39, 0.29) is 30.7 Å². The van der Waals surface area contributed by atoms with E-state index in [1.807, 2.05) is 19.1 Å². The summed E-state index contributed by atoms with van der Waals surface area (Å²) in [6.45, 7) is 6.10. The van der Waals surface area contributed by atoms with Crippen molar-refractivity contribution < 1.29 is 37.1 Å². The number of esters is 1. The SMILES string of the molecule is CCOC(=O)C(CC(CC)C(=O)O)CC(C)c1ccc(OCCCCS(=O)(=O)O)cc1. The Morgan fingerprint density at radius 1 is 1.03 bits per heavy atom. The molecule has 8 nitrogen and oxygen atoms in total. The number of carboxylic acids is 1. The highest BCUT2D eigenvalue weighted by molar-refractivity contribution is 7.85. The average molecular weight is 459 g/mol. The van der Waals surface area contributed by atoms with Crippen LogP contribution in [0.25, 0.3) is 0 Å². The van der Waals surface area contributed by atoms with Crippen molar-refractivity contribution in [2.75, 3.05) is 19.0 Å². The summed E-state index contributed by atoms with van der Waals surface area (Å²) in [5.74, 6) is -1.96. The summed E-state index contributed by atoms with van der Waals surface area (Å²) in [4.78, 5) is 23.8. The molecule has 0 radical (unpaired) electrons. The zero-order chi connectivity index (χ0) is 23.4. The third kappa shape index (κ3) is 10.6. The van der Waals surface area contributed by atoms with Crippen LogP contribution in [0.15, 0.2) is 24.3 Å². The maximum Gasteiger partial charge on any atom is 0.308 e. The molecule has 9 heteroatoms. The van der Waals surface area contributed by atoms with Gasteiger partial charge in [-0.1, -0.05) is 26.0 Å². The molecule has 0 saturated heterocycles. The number of unbranched alkanes of at least 4 members (excludes halogenated alkanes) is 1. The zero-order valence-electron chi connectivity index (χ0n) is 18.5. The summed E-state index contributed by atoms with van der Waals surface area (Å²) in [5, 5.41) is 9.35. The molecule has 0 amide bonds. The van der Waals surface area contributed by atoms with Crippen LogP contribution >= 0.6 is 0 Å². The van der Waals surface area contributed by atoms with Gasteiger partial charge in [0.25, 0.3) is 10.1 Å². The van der Waals surface area contributed by atoms with Gasteiger partial charge in [0.2, 0.25) is 0 Å². The lowest BCUT2D eigenvalue weighted by atomic mass is 9.84. The van der Waals surface area contributed by atoms with E-state index in [9.17, 15) is 23.1 Å². The molecule has 3 unspecified atom stereocenters. The fraction of sp³-hybridized carbons (Fsp3) is 0.636. The molecule has 2 N–H and O–H groups in total. The Morgan fingerprint density at radius 3 is 2.19 bits per heavy atom. The van der Waals surface area contributed by atoms with Gasteiger partial charge >= 0.3 is 11.9 Å². The third-order valence-electron chi connectivity index (χ3n) is 5.18. The summed E-state index contributed by atoms with van der Waals surface area (Å²) < 4.78 is 40.8. The van der Waals surface area contributed by atoms with Gasteiger partial charge in [-0.2, -0.15) is 8.42 Å². The first-order valence-electron chi connectivity index (χ1n) is 10.6. The minimum absolute atomic E-state index is 0.0181. The molecule has 1 aromatic rings. The van der Waals surface area contributed by atoms with E-state index in [0.29, 0.717) is 38.0 Å². The van der Waals surface area contributed by atoms with Gasteiger partial charge in [0, 0.05) is 0 Å². The molecule has 31 heavy (non-hydrogen) atoms. The van der Waals surface area contributed by atoms with E-state index < -0.39 is 27.9 Å². The van der Waals surface area contributed by atoms with Crippen LogP contribution < -0.4 is 4.74 Å². The maximum atomic E-state index is 12.4. The van der Waals surface area contributed by atoms with Crippen LogP contribution in [0.3, 0.4) is 0 Å². The van der Waals surface area contributed by atoms with E-state index in [4.69, 9.17) is 14.0 Å². The first-order chi connectivity index (χ1) is 14.6. The lowest BCUT2D eigenvalue weighted by Crippen LogP contribution is -2.25. The summed E-state index contributed by atoms with van der Waals surface area (Å²) in [6, 6.07) is 7.41. The van der Waals surface area contributed by atoms with Crippen molar-refractivity contribution in [2.24, 2.45) is 11.8 Å². The smallest absolute Gasteiger partial charge is 0.308 e. The van der Waals surface area contributed by atoms with Crippen LogP contribution in [-0.2, 0) is 24.4 Å². The Morgan fingerprint density at radius 2 is 1.68 bits per heavy atom. The third-order valence-corrected chi connectivity index (χ3v) is 5.99. The van der Waals surface area contributed by atoms with Gasteiger partial charge < -0.3 is 14.6 Å². The normalized spacial score (nSPS) is 14.5. The van der Waals surface area contributed by atoms with Crippen LogP contribution in [0.5, 0.6) is 5.75 Å². The van der Waals surface area contributed by atoms with Crippen molar-refractivity contribution in [1.29, 1.82) is 0 Å². The summed E-state index contributed by atoms with van der Waals surface area (Å²) in [5.41, 5.74) is 0.997. The number of hydrogen-bond acceptors (Lipinski definition) is 6. The van der Waals surface area contributed by atoms with Crippen molar-refractivity contribution in [3.63, 3.8) is 0 Å². The van der Waals surface area contributed by atoms with Crippen molar-refractivity contribution in [2.45, 2.75) is 58.8 Å². The highest BCUT2D eigenvalue weighted by atomic mass is 32.2. The fourth-order valence-electron chi connectivity index (χ4n) is 3.37. The van der Waals surface area contributed by atoms with Gasteiger partial charge in [-0.25, -0.2) is 0 Å². The topological polar surface area (TPSA) is 127 Å². The Bertz CT molecular complexity index is 788. The number of ether oxygens (including phenoxy) is 2. The van der Waals surface area contributed by atoms with Crippen molar-refractivity contribution in [3.8, 4) is 5.75 Å². The molecule has 176 valence electrons. The molecular formula is C22H34O8S. The summed E-state index contributed by atoms with van der Waals surface area (Å²) in [7, 11) is -3.94. The molecule has 0 fully saturated rings. The van der Waals surface area contributed by atoms with Gasteiger partial charge in [-0.05, 0) is 62.6 Å². The van der Waals surface area contributed by atoms with Crippen LogP contribution in [0, 0.1) is 11.8 Å². The standard InChI is InChI=1S/C22H34O8S/c1-4-17(21(23)24)15-19(22(25)29-5-2)14-16(3)18-8-10-20(11-9-18)30-12-6-7-13-31(26,27)28/h8-11,16-17,19H,4-7,12-15H2,1-3H3,(H,23,24)(H,26,27,28). The van der Waals surface area contributed by atoms with Crippen LogP contribution in [0.2, 0.25) is 0 Å². The Kier molecular flexibility index (Phi) is 11.6. The quantitative estimate of drug-likeness (QED) is 0.230. The summed E-state index contributed by atoms with van der Waals surface area (Å²) >= 11 is 0. The number of rotatable bonds is 15. The molecule has 0 spiro atoms. The van der Waals surface area contributed by atoms with Crippen LogP contribution in [0.4, 0.5) is 0 Å². The van der Waals surface area contributed by atoms with Gasteiger partial charge in [0.05, 0.1) is 30.8 Å². The first-order valence-corrected chi connectivity index (χ1v) is 12.3. The number of carbonyl (C=O) groups excluding carboxylic acids is 1. The van der Waals surface area contributed by atoms with Gasteiger partial charge in [-0.15, -0.1) is 0 Å². The Balaban J connectivity index is 2.66. The lowest BCUT2D eigenvalue weighted by molar-refractivity contribution is -0.150. The van der Waals surface area contributed by atoms with Crippen molar-refractivity contribution >= 4 is 22.1 Å². The van der Waals surface area contributed by atoms with Crippen molar-refractivity contribution in [3.05, 3.63) is 29.8 Å². The molecule has 0 aliphatic rings. The van der Waals surface area contributed by atoms with E-state index in [0.717, 1.165) is 5.56 Å². The monoisotopic (exact) mass is 458 g/mol. The lowest BCUT2D eigenvalue weighted by Gasteiger charge is -2.22. The van der Waals surface area contributed by atoms with E-state index in [2.05, 4.69) is 0 Å². The minimum Gasteiger partial charge on any atom is -0.494 e. The number of carboxylic acid groups (broad SMARTS) is 1. The molecule has 1 rings (SSSR count). The highest BCUT2D eigenvalue weighted by Crippen LogP contribution is 2.30. The first kappa shape index (κ1) is 26.9. The molecule has 3 atom stereocenters. The number of hydrogen-bond donors (Lipinski definition) is 2. The predicted molar refractivity (Wildman–Crippen MR) is 117 cm³/mol. The second kappa shape index (κ2) is 13.3. The average Bonchev–Trinajstić information content (AvgIpc) is 2.70. The fourth-order valence-corrected chi connectivity index (χ4v) is 3.94. The maximum absolute atomic E-state index is 12.4. The Labute approximate surface area is 184 Å². The van der Waals surface area contributed by atoms with Gasteiger partial charge in [0.1, 0.15) is 5.75 Å². The van der Waals surface area contributed by atoms with Crippen LogP contribution in [-0.4, -0.2) is 49.0 Å². The molecular weight excluding hydrogens is 424 g/mol. The number of carbonyl (C=O) groups is 2. The van der Waals surface area contributed by atoms with E-state index in [1.54, 1.807) is 26.0 Å². The zero-order valence-corrected chi connectivity index (χ0v) is 19.3. The summed E-state index contributed by atoms with van der Waals surface area (Å²) in [6.07, 6.45) is 2.01. The minimum atomic E-state index is -3.94. The van der Waals surface area contributed by atoms with E-state index >= 15 is 0 Å². The van der Waals surface area contributed by atoms with Crippen molar-refractivity contribution in [1.82, 2.24) is 0 Å². The molecule has 0 saturated carbocycles. The molecule has 0 bridgehead atoms. The number of aliphatic carboxylic acids is 1. The predicted octanol–water partition coefficient (Wildman–Crippen LogP) is 3.91. The molecule has 0 heterocycles. The van der Waals surface area contributed by atoms with Gasteiger partial charge in [-0.3, -0.25) is 14.1 Å². The van der Waals surface area contributed by atoms with E-state index in [1.165, 1.54) is 0 Å². The molecule has 0 aromatic heterocycles. The second-order valence-electron chi connectivity index (χ2n) is 7.68. The largest absolute Gasteiger partial charge is 0.494 e.